The lowest BCUT2D eigenvalue weighted by atomic mass is 9.97. The molecule has 1 N–H and O–H groups in total. The van der Waals surface area contributed by atoms with Gasteiger partial charge in [-0.15, -0.1) is 0 Å². The SMILES string of the molecule is Oc1ccc(C2CCO2)c(C(F)(F)F)c1. The molecule has 1 aromatic rings. The van der Waals surface area contributed by atoms with Gasteiger partial charge < -0.3 is 9.84 Å². The van der Waals surface area contributed by atoms with Gasteiger partial charge in [-0.05, 0) is 17.7 Å². The molecule has 0 saturated carbocycles. The summed E-state index contributed by atoms with van der Waals surface area (Å²) in [7, 11) is 0. The predicted octanol–water partition coefficient (Wildman–Crippen LogP) is 2.87. The van der Waals surface area contributed by atoms with Crippen molar-refractivity contribution in [3.05, 3.63) is 29.3 Å². The molecule has 1 fully saturated rings. The molecule has 1 aromatic carbocycles. The molecule has 82 valence electrons. The van der Waals surface area contributed by atoms with E-state index in [4.69, 9.17) is 9.84 Å². The zero-order valence-corrected chi connectivity index (χ0v) is 7.71. The van der Waals surface area contributed by atoms with Crippen LogP contribution in [-0.4, -0.2) is 11.7 Å². The molecule has 0 bridgehead atoms. The smallest absolute Gasteiger partial charge is 0.416 e. The topological polar surface area (TPSA) is 29.5 Å². The second-order valence-electron chi connectivity index (χ2n) is 3.42. The average molecular weight is 218 g/mol. The van der Waals surface area contributed by atoms with E-state index < -0.39 is 17.8 Å². The van der Waals surface area contributed by atoms with Crippen LogP contribution >= 0.6 is 0 Å². The maximum absolute atomic E-state index is 12.6. The Bertz CT molecular complexity index is 369. The molecule has 0 radical (unpaired) electrons. The number of rotatable bonds is 1. The predicted molar refractivity (Wildman–Crippen MR) is 46.4 cm³/mol. The summed E-state index contributed by atoms with van der Waals surface area (Å²) >= 11 is 0. The Morgan fingerprint density at radius 1 is 1.33 bits per heavy atom. The van der Waals surface area contributed by atoms with Crippen molar-refractivity contribution in [2.45, 2.75) is 18.7 Å². The van der Waals surface area contributed by atoms with Gasteiger partial charge in [0.2, 0.25) is 0 Å². The first kappa shape index (κ1) is 10.3. The van der Waals surface area contributed by atoms with Crippen molar-refractivity contribution in [2.75, 3.05) is 6.61 Å². The Labute approximate surface area is 84.3 Å². The quantitative estimate of drug-likeness (QED) is 0.785. The van der Waals surface area contributed by atoms with Gasteiger partial charge in [0, 0.05) is 6.42 Å². The van der Waals surface area contributed by atoms with Crippen molar-refractivity contribution >= 4 is 0 Å². The van der Waals surface area contributed by atoms with E-state index in [9.17, 15) is 13.2 Å². The molecule has 0 amide bonds. The van der Waals surface area contributed by atoms with Crippen molar-refractivity contribution in [3.8, 4) is 5.75 Å². The zero-order chi connectivity index (χ0) is 11.1. The third kappa shape index (κ3) is 1.92. The maximum Gasteiger partial charge on any atom is 0.416 e. The van der Waals surface area contributed by atoms with Crippen molar-refractivity contribution in [2.24, 2.45) is 0 Å². The first-order valence-corrected chi connectivity index (χ1v) is 4.50. The van der Waals surface area contributed by atoms with Crippen LogP contribution in [0.25, 0.3) is 0 Å². The van der Waals surface area contributed by atoms with Gasteiger partial charge in [-0.3, -0.25) is 0 Å². The average Bonchev–Trinajstić information content (AvgIpc) is 2.03. The number of ether oxygens (including phenoxy) is 1. The van der Waals surface area contributed by atoms with Gasteiger partial charge in [0.25, 0.3) is 0 Å². The van der Waals surface area contributed by atoms with Crippen LogP contribution in [0.2, 0.25) is 0 Å². The van der Waals surface area contributed by atoms with Crippen LogP contribution in [0.3, 0.4) is 0 Å². The van der Waals surface area contributed by atoms with Crippen LogP contribution in [0.1, 0.15) is 23.7 Å². The molecule has 1 aliphatic heterocycles. The molecule has 0 spiro atoms. The lowest BCUT2D eigenvalue weighted by molar-refractivity contribution is -0.142. The highest BCUT2D eigenvalue weighted by atomic mass is 19.4. The van der Waals surface area contributed by atoms with Gasteiger partial charge in [0.05, 0.1) is 18.3 Å². The lowest BCUT2D eigenvalue weighted by Gasteiger charge is -2.29. The highest BCUT2D eigenvalue weighted by Crippen LogP contribution is 2.40. The van der Waals surface area contributed by atoms with Gasteiger partial charge in [-0.1, -0.05) is 6.07 Å². The van der Waals surface area contributed by atoms with E-state index in [1.54, 1.807) is 0 Å². The molecule has 15 heavy (non-hydrogen) atoms. The summed E-state index contributed by atoms with van der Waals surface area (Å²) in [5.74, 6) is -0.384. The fraction of sp³-hybridized carbons (Fsp3) is 0.400. The Kier molecular flexibility index (Phi) is 2.34. The van der Waals surface area contributed by atoms with Gasteiger partial charge in [0.15, 0.2) is 0 Å². The second-order valence-corrected chi connectivity index (χ2v) is 3.42. The monoisotopic (exact) mass is 218 g/mol. The van der Waals surface area contributed by atoms with E-state index in [0.29, 0.717) is 13.0 Å². The molecule has 2 rings (SSSR count). The number of phenols is 1. The Morgan fingerprint density at radius 2 is 2.00 bits per heavy atom. The van der Waals surface area contributed by atoms with E-state index in [1.807, 2.05) is 0 Å². The molecule has 1 unspecified atom stereocenters. The Hall–Kier alpha value is -1.23. The van der Waals surface area contributed by atoms with E-state index in [-0.39, 0.29) is 11.3 Å². The zero-order valence-electron chi connectivity index (χ0n) is 7.71. The highest BCUT2D eigenvalue weighted by Gasteiger charge is 2.37. The van der Waals surface area contributed by atoms with Crippen LogP contribution < -0.4 is 0 Å². The summed E-state index contributed by atoms with van der Waals surface area (Å²) in [5.41, 5.74) is -0.709. The Balaban J connectivity index is 2.44. The van der Waals surface area contributed by atoms with Crippen molar-refractivity contribution < 1.29 is 23.0 Å². The number of hydrogen-bond acceptors (Lipinski definition) is 2. The van der Waals surface area contributed by atoms with Gasteiger partial charge >= 0.3 is 6.18 Å². The summed E-state index contributed by atoms with van der Waals surface area (Å²) in [6.45, 7) is 0.489. The number of halogens is 3. The third-order valence-electron chi connectivity index (χ3n) is 2.39. The molecular weight excluding hydrogens is 209 g/mol. The minimum absolute atomic E-state index is 0.103. The molecule has 2 nitrogen and oxygen atoms in total. The summed E-state index contributed by atoms with van der Waals surface area (Å²) < 4.78 is 42.8. The minimum atomic E-state index is -4.45. The summed E-state index contributed by atoms with van der Waals surface area (Å²) in [5, 5.41) is 9.03. The molecule has 1 heterocycles. The van der Waals surface area contributed by atoms with Crippen molar-refractivity contribution in [1.82, 2.24) is 0 Å². The van der Waals surface area contributed by atoms with E-state index in [0.717, 1.165) is 6.07 Å². The van der Waals surface area contributed by atoms with Crippen LogP contribution in [0, 0.1) is 0 Å². The van der Waals surface area contributed by atoms with Gasteiger partial charge in [-0.2, -0.15) is 13.2 Å². The molecule has 0 aliphatic carbocycles. The van der Waals surface area contributed by atoms with Gasteiger partial charge in [0.1, 0.15) is 5.75 Å². The van der Waals surface area contributed by atoms with Gasteiger partial charge in [-0.25, -0.2) is 0 Å². The highest BCUT2D eigenvalue weighted by molar-refractivity contribution is 5.38. The summed E-state index contributed by atoms with van der Waals surface area (Å²) in [6, 6.07) is 3.24. The number of phenolic OH excluding ortho intramolecular Hbond substituents is 1. The fourth-order valence-electron chi connectivity index (χ4n) is 1.55. The minimum Gasteiger partial charge on any atom is -0.508 e. The molecule has 1 atom stereocenters. The summed E-state index contributed by atoms with van der Waals surface area (Å²) in [6.07, 6.45) is -4.34. The normalized spacial score (nSPS) is 21.1. The maximum atomic E-state index is 12.6. The van der Waals surface area contributed by atoms with E-state index >= 15 is 0 Å². The van der Waals surface area contributed by atoms with E-state index in [1.165, 1.54) is 12.1 Å². The Morgan fingerprint density at radius 3 is 2.47 bits per heavy atom. The molecule has 1 aliphatic rings. The molecule has 0 aromatic heterocycles. The fourth-order valence-corrected chi connectivity index (χ4v) is 1.55. The van der Waals surface area contributed by atoms with Crippen molar-refractivity contribution in [1.29, 1.82) is 0 Å². The van der Waals surface area contributed by atoms with Crippen LogP contribution in [0.5, 0.6) is 5.75 Å². The number of hydrogen-bond donors (Lipinski definition) is 1. The summed E-state index contributed by atoms with van der Waals surface area (Å²) in [4.78, 5) is 0. The largest absolute Gasteiger partial charge is 0.508 e. The van der Waals surface area contributed by atoms with Crippen LogP contribution in [0.4, 0.5) is 13.2 Å². The van der Waals surface area contributed by atoms with E-state index in [2.05, 4.69) is 0 Å². The number of benzene rings is 1. The third-order valence-corrected chi connectivity index (χ3v) is 2.39. The first-order valence-electron chi connectivity index (χ1n) is 4.50. The lowest BCUT2D eigenvalue weighted by Crippen LogP contribution is -2.22. The molecule has 1 saturated heterocycles. The molecular formula is C10H9F3O2. The molecule has 5 heteroatoms. The number of aromatic hydroxyl groups is 1. The second kappa shape index (κ2) is 3.41. The van der Waals surface area contributed by atoms with Crippen LogP contribution in [-0.2, 0) is 10.9 Å². The first-order chi connectivity index (χ1) is 6.98. The number of alkyl halides is 3. The standard InChI is InChI=1S/C10H9F3O2/c11-10(12,13)8-5-6(14)1-2-7(8)9-3-4-15-9/h1-2,5,9,14H,3-4H2. The van der Waals surface area contributed by atoms with Crippen molar-refractivity contribution in [3.63, 3.8) is 0 Å². The van der Waals surface area contributed by atoms with Crippen LogP contribution in [0.15, 0.2) is 18.2 Å².